The van der Waals surface area contributed by atoms with E-state index in [1.807, 2.05) is 18.2 Å². The van der Waals surface area contributed by atoms with Gasteiger partial charge in [0, 0.05) is 11.8 Å². The summed E-state index contributed by atoms with van der Waals surface area (Å²) in [6.45, 7) is 0. The predicted octanol–water partition coefficient (Wildman–Crippen LogP) is 4.61. The van der Waals surface area contributed by atoms with Crippen LogP contribution < -0.4 is 0 Å². The average Bonchev–Trinajstić information content (AvgIpc) is 2.42. The van der Waals surface area contributed by atoms with Gasteiger partial charge in [-0.25, -0.2) is 0 Å². The lowest BCUT2D eigenvalue weighted by molar-refractivity contribution is 1.02. The van der Waals surface area contributed by atoms with Crippen LogP contribution in [0.5, 0.6) is 0 Å². The Morgan fingerprint density at radius 3 is 1.71 bits per heavy atom. The van der Waals surface area contributed by atoms with Gasteiger partial charge < -0.3 is 0 Å². The van der Waals surface area contributed by atoms with Crippen LogP contribution >= 0.6 is 11.6 Å². The number of allylic oxidation sites excluding steroid dienone is 2. The third kappa shape index (κ3) is 3.21. The lowest BCUT2D eigenvalue weighted by Crippen LogP contribution is -1.97. The molecule has 0 unspecified atom stereocenters. The molecule has 0 radical (unpaired) electrons. The van der Waals surface area contributed by atoms with Crippen molar-refractivity contribution in [2.24, 2.45) is 0 Å². The smallest absolute Gasteiger partial charge is 0.0404 e. The van der Waals surface area contributed by atoms with Crippen LogP contribution in [0.1, 0.15) is 17.0 Å². The Labute approximate surface area is 108 Å². The van der Waals surface area contributed by atoms with E-state index >= 15 is 0 Å². The molecule has 0 spiro atoms. The molecule has 0 saturated carbocycles. The van der Waals surface area contributed by atoms with Gasteiger partial charge in [0.1, 0.15) is 0 Å². The van der Waals surface area contributed by atoms with Crippen molar-refractivity contribution in [1.82, 2.24) is 0 Å². The number of rotatable bonds is 4. The van der Waals surface area contributed by atoms with Crippen LogP contribution in [0.15, 0.2) is 72.8 Å². The Kier molecular flexibility index (Phi) is 4.40. The van der Waals surface area contributed by atoms with Crippen LogP contribution in [0.25, 0.3) is 0 Å². The first-order valence-electron chi connectivity index (χ1n) is 5.74. The SMILES string of the molecule is ClC/C=C/C(c1ccccc1)c1ccccc1. The fourth-order valence-corrected chi connectivity index (χ4v) is 2.03. The molecule has 0 amide bonds. The molecule has 0 heterocycles. The summed E-state index contributed by atoms with van der Waals surface area (Å²) in [5.41, 5.74) is 2.58. The van der Waals surface area contributed by atoms with Gasteiger partial charge in [-0.05, 0) is 11.1 Å². The van der Waals surface area contributed by atoms with E-state index < -0.39 is 0 Å². The summed E-state index contributed by atoms with van der Waals surface area (Å²) >= 11 is 5.73. The largest absolute Gasteiger partial charge is 0.122 e. The maximum Gasteiger partial charge on any atom is 0.0404 e. The molecule has 2 aromatic rings. The molecule has 0 bridgehead atoms. The van der Waals surface area contributed by atoms with Gasteiger partial charge in [-0.1, -0.05) is 72.8 Å². The first-order valence-corrected chi connectivity index (χ1v) is 6.28. The quantitative estimate of drug-likeness (QED) is 0.542. The lowest BCUT2D eigenvalue weighted by Gasteiger charge is -2.13. The highest BCUT2D eigenvalue weighted by Gasteiger charge is 2.09. The van der Waals surface area contributed by atoms with Crippen LogP contribution in [0.4, 0.5) is 0 Å². The van der Waals surface area contributed by atoms with E-state index in [-0.39, 0.29) is 5.92 Å². The van der Waals surface area contributed by atoms with Gasteiger partial charge >= 0.3 is 0 Å². The highest BCUT2D eigenvalue weighted by Crippen LogP contribution is 2.25. The van der Waals surface area contributed by atoms with Crippen molar-refractivity contribution in [2.75, 3.05) is 5.88 Å². The minimum absolute atomic E-state index is 0.288. The zero-order valence-electron chi connectivity index (χ0n) is 9.59. The van der Waals surface area contributed by atoms with Crippen molar-refractivity contribution >= 4 is 11.6 Å². The number of halogens is 1. The molecule has 0 atom stereocenters. The molecule has 0 aliphatic heterocycles. The minimum Gasteiger partial charge on any atom is -0.122 e. The highest BCUT2D eigenvalue weighted by atomic mass is 35.5. The Hall–Kier alpha value is -1.53. The lowest BCUT2D eigenvalue weighted by atomic mass is 9.91. The second kappa shape index (κ2) is 6.27. The van der Waals surface area contributed by atoms with E-state index in [0.29, 0.717) is 5.88 Å². The summed E-state index contributed by atoms with van der Waals surface area (Å²) in [5, 5.41) is 0. The molecule has 2 aromatic carbocycles. The molecular formula is C16H15Cl. The molecule has 0 aromatic heterocycles. The first kappa shape index (κ1) is 11.9. The zero-order valence-corrected chi connectivity index (χ0v) is 10.3. The molecule has 86 valence electrons. The van der Waals surface area contributed by atoms with Crippen LogP contribution in [-0.2, 0) is 0 Å². The molecule has 0 aliphatic rings. The molecule has 0 fully saturated rings. The predicted molar refractivity (Wildman–Crippen MR) is 74.6 cm³/mol. The third-order valence-corrected chi connectivity index (χ3v) is 2.91. The Morgan fingerprint density at radius 1 is 0.824 bits per heavy atom. The van der Waals surface area contributed by atoms with E-state index in [2.05, 4.69) is 54.6 Å². The van der Waals surface area contributed by atoms with Gasteiger partial charge in [-0.3, -0.25) is 0 Å². The highest BCUT2D eigenvalue weighted by molar-refractivity contribution is 6.18. The number of benzene rings is 2. The Bertz CT molecular complexity index is 420. The molecular weight excluding hydrogens is 228 g/mol. The fourth-order valence-electron chi connectivity index (χ4n) is 1.92. The van der Waals surface area contributed by atoms with Crippen LogP contribution in [0.3, 0.4) is 0 Å². The van der Waals surface area contributed by atoms with Crippen molar-refractivity contribution < 1.29 is 0 Å². The van der Waals surface area contributed by atoms with Gasteiger partial charge in [0.25, 0.3) is 0 Å². The third-order valence-electron chi connectivity index (χ3n) is 2.73. The van der Waals surface area contributed by atoms with E-state index in [1.165, 1.54) is 11.1 Å². The normalized spacial score (nSPS) is 11.2. The minimum atomic E-state index is 0.288. The standard InChI is InChI=1S/C16H15Cl/c17-13-7-12-16(14-8-3-1-4-9-14)15-10-5-2-6-11-15/h1-12,16H,13H2/b12-7+. The summed E-state index contributed by atoms with van der Waals surface area (Å²) in [6.07, 6.45) is 4.17. The zero-order chi connectivity index (χ0) is 11.9. The van der Waals surface area contributed by atoms with Crippen LogP contribution in [0, 0.1) is 0 Å². The molecule has 2 rings (SSSR count). The summed E-state index contributed by atoms with van der Waals surface area (Å²) in [5.74, 6) is 0.840. The summed E-state index contributed by atoms with van der Waals surface area (Å²) < 4.78 is 0. The molecule has 1 heteroatoms. The van der Waals surface area contributed by atoms with Crippen LogP contribution in [-0.4, -0.2) is 5.88 Å². The van der Waals surface area contributed by atoms with Crippen molar-refractivity contribution in [3.05, 3.63) is 83.9 Å². The Balaban J connectivity index is 2.36. The van der Waals surface area contributed by atoms with Gasteiger partial charge in [0.05, 0.1) is 0 Å². The van der Waals surface area contributed by atoms with E-state index in [9.17, 15) is 0 Å². The molecule has 0 saturated heterocycles. The van der Waals surface area contributed by atoms with E-state index in [4.69, 9.17) is 11.6 Å². The summed E-state index contributed by atoms with van der Waals surface area (Å²) in [6, 6.07) is 21.0. The number of hydrogen-bond donors (Lipinski definition) is 0. The van der Waals surface area contributed by atoms with Crippen molar-refractivity contribution in [1.29, 1.82) is 0 Å². The van der Waals surface area contributed by atoms with Crippen molar-refractivity contribution in [2.45, 2.75) is 5.92 Å². The van der Waals surface area contributed by atoms with Crippen LogP contribution in [0.2, 0.25) is 0 Å². The van der Waals surface area contributed by atoms with Gasteiger partial charge in [-0.2, -0.15) is 0 Å². The van der Waals surface area contributed by atoms with Crippen molar-refractivity contribution in [3.63, 3.8) is 0 Å². The van der Waals surface area contributed by atoms with E-state index in [1.54, 1.807) is 0 Å². The van der Waals surface area contributed by atoms with E-state index in [0.717, 1.165) is 0 Å². The fraction of sp³-hybridized carbons (Fsp3) is 0.125. The number of hydrogen-bond acceptors (Lipinski definition) is 0. The first-order chi connectivity index (χ1) is 8.42. The number of alkyl halides is 1. The molecule has 0 aliphatic carbocycles. The van der Waals surface area contributed by atoms with Gasteiger partial charge in [0.15, 0.2) is 0 Å². The van der Waals surface area contributed by atoms with Gasteiger partial charge in [0.2, 0.25) is 0 Å². The summed E-state index contributed by atoms with van der Waals surface area (Å²) in [4.78, 5) is 0. The second-order valence-corrected chi connectivity index (χ2v) is 4.19. The molecule has 0 N–H and O–H groups in total. The molecule has 17 heavy (non-hydrogen) atoms. The average molecular weight is 243 g/mol. The topological polar surface area (TPSA) is 0 Å². The van der Waals surface area contributed by atoms with Gasteiger partial charge in [-0.15, -0.1) is 11.6 Å². The second-order valence-electron chi connectivity index (χ2n) is 3.88. The maximum atomic E-state index is 5.73. The summed E-state index contributed by atoms with van der Waals surface area (Å²) in [7, 11) is 0. The Morgan fingerprint density at radius 2 is 1.29 bits per heavy atom. The maximum absolute atomic E-state index is 5.73. The van der Waals surface area contributed by atoms with Crippen molar-refractivity contribution in [3.8, 4) is 0 Å². The molecule has 0 nitrogen and oxygen atoms in total. The monoisotopic (exact) mass is 242 g/mol.